The quantitative estimate of drug-likeness (QED) is 0.299. The second kappa shape index (κ2) is 10.2. The van der Waals surface area contributed by atoms with Gasteiger partial charge in [-0.3, -0.25) is 19.7 Å². The molecule has 0 spiro atoms. The highest BCUT2D eigenvalue weighted by Crippen LogP contribution is 2.27. The van der Waals surface area contributed by atoms with Gasteiger partial charge in [-0.2, -0.15) is 0 Å². The number of nitrogens with one attached hydrogen (secondary N) is 2. The van der Waals surface area contributed by atoms with Crippen LogP contribution in [0.2, 0.25) is 0 Å². The molecule has 0 bridgehead atoms. The molecule has 0 unspecified atom stereocenters. The fourth-order valence-electron chi connectivity index (χ4n) is 2.10. The SMILES string of the molecule is Cc1cccc([N+](=O)[O-])c1NC(=O)COC(=O)CCCNC(=O)OC(C)(C)C. The number of amides is 2. The molecule has 1 rings (SSSR count). The lowest BCUT2D eigenvalue weighted by Gasteiger charge is -2.19. The van der Waals surface area contributed by atoms with Gasteiger partial charge >= 0.3 is 12.1 Å². The van der Waals surface area contributed by atoms with E-state index in [1.165, 1.54) is 12.1 Å². The number of anilines is 1. The number of hydrogen-bond acceptors (Lipinski definition) is 7. The predicted octanol–water partition coefficient (Wildman–Crippen LogP) is 2.69. The molecule has 0 aliphatic heterocycles. The summed E-state index contributed by atoms with van der Waals surface area (Å²) in [7, 11) is 0. The third kappa shape index (κ3) is 8.47. The van der Waals surface area contributed by atoms with E-state index in [2.05, 4.69) is 10.6 Å². The molecule has 28 heavy (non-hydrogen) atoms. The first-order valence-corrected chi connectivity index (χ1v) is 8.66. The smallest absolute Gasteiger partial charge is 0.407 e. The molecular formula is C18H25N3O7. The number of nitro groups is 1. The van der Waals surface area contributed by atoms with Crippen LogP contribution in [0.5, 0.6) is 0 Å². The highest BCUT2D eigenvalue weighted by Gasteiger charge is 2.19. The number of aryl methyl sites for hydroxylation is 1. The topological polar surface area (TPSA) is 137 Å². The van der Waals surface area contributed by atoms with Crippen LogP contribution in [-0.4, -0.2) is 41.6 Å². The predicted molar refractivity (Wildman–Crippen MR) is 101 cm³/mol. The van der Waals surface area contributed by atoms with Crippen LogP contribution in [0.4, 0.5) is 16.2 Å². The number of esters is 1. The van der Waals surface area contributed by atoms with Crippen LogP contribution in [0.3, 0.4) is 0 Å². The Hall–Kier alpha value is -3.17. The number of nitrogens with zero attached hydrogens (tertiary/aromatic N) is 1. The Morgan fingerprint density at radius 2 is 1.89 bits per heavy atom. The molecule has 0 radical (unpaired) electrons. The number of ether oxygens (including phenoxy) is 2. The number of nitro benzene ring substituents is 1. The normalized spacial score (nSPS) is 10.7. The molecular weight excluding hydrogens is 370 g/mol. The van der Waals surface area contributed by atoms with E-state index < -0.39 is 35.1 Å². The van der Waals surface area contributed by atoms with Crippen molar-refractivity contribution >= 4 is 29.3 Å². The highest BCUT2D eigenvalue weighted by atomic mass is 16.6. The molecule has 0 aliphatic carbocycles. The molecule has 1 aromatic rings. The van der Waals surface area contributed by atoms with Crippen LogP contribution in [0.25, 0.3) is 0 Å². The van der Waals surface area contributed by atoms with Crippen LogP contribution in [0.15, 0.2) is 18.2 Å². The van der Waals surface area contributed by atoms with Gasteiger partial charge in [-0.1, -0.05) is 12.1 Å². The minimum Gasteiger partial charge on any atom is -0.456 e. The summed E-state index contributed by atoms with van der Waals surface area (Å²) >= 11 is 0. The molecule has 0 heterocycles. The Morgan fingerprint density at radius 3 is 2.50 bits per heavy atom. The summed E-state index contributed by atoms with van der Waals surface area (Å²) in [5.41, 5.74) is -0.271. The average Bonchev–Trinajstić information content (AvgIpc) is 2.57. The Kier molecular flexibility index (Phi) is 8.36. The van der Waals surface area contributed by atoms with Crippen molar-refractivity contribution in [1.29, 1.82) is 0 Å². The van der Waals surface area contributed by atoms with Gasteiger partial charge in [0.15, 0.2) is 6.61 Å². The van der Waals surface area contributed by atoms with Crippen LogP contribution in [0.1, 0.15) is 39.2 Å². The van der Waals surface area contributed by atoms with E-state index in [0.717, 1.165) is 0 Å². The maximum Gasteiger partial charge on any atom is 0.407 e. The van der Waals surface area contributed by atoms with Crippen molar-refractivity contribution in [2.24, 2.45) is 0 Å². The lowest BCUT2D eigenvalue weighted by atomic mass is 10.1. The van der Waals surface area contributed by atoms with Gasteiger partial charge < -0.3 is 20.1 Å². The summed E-state index contributed by atoms with van der Waals surface area (Å²) in [5.74, 6) is -1.31. The van der Waals surface area contributed by atoms with Gasteiger partial charge in [0.1, 0.15) is 11.3 Å². The van der Waals surface area contributed by atoms with E-state index in [4.69, 9.17) is 9.47 Å². The monoisotopic (exact) mass is 395 g/mol. The zero-order valence-electron chi connectivity index (χ0n) is 16.4. The zero-order chi connectivity index (χ0) is 21.3. The van der Waals surface area contributed by atoms with E-state index in [0.29, 0.717) is 12.0 Å². The van der Waals surface area contributed by atoms with Gasteiger partial charge in [0, 0.05) is 19.0 Å². The summed E-state index contributed by atoms with van der Waals surface area (Å²) in [4.78, 5) is 45.4. The standard InChI is InChI=1S/C18H25N3O7/c1-12-7-5-8-13(21(25)26)16(12)20-14(22)11-27-15(23)9-6-10-19-17(24)28-18(2,3)4/h5,7-8H,6,9-11H2,1-4H3,(H,19,24)(H,20,22). The van der Waals surface area contributed by atoms with E-state index in [1.54, 1.807) is 33.8 Å². The van der Waals surface area contributed by atoms with Crippen LogP contribution >= 0.6 is 0 Å². The molecule has 0 atom stereocenters. The molecule has 0 saturated heterocycles. The molecule has 0 aromatic heterocycles. The fourth-order valence-corrected chi connectivity index (χ4v) is 2.10. The van der Waals surface area contributed by atoms with Gasteiger partial charge in [0.05, 0.1) is 4.92 Å². The van der Waals surface area contributed by atoms with E-state index in [9.17, 15) is 24.5 Å². The number of benzene rings is 1. The summed E-state index contributed by atoms with van der Waals surface area (Å²) < 4.78 is 9.89. The van der Waals surface area contributed by atoms with E-state index in [1.807, 2.05) is 0 Å². The van der Waals surface area contributed by atoms with Crippen molar-refractivity contribution in [2.75, 3.05) is 18.5 Å². The van der Waals surface area contributed by atoms with E-state index in [-0.39, 0.29) is 24.3 Å². The van der Waals surface area contributed by atoms with Crippen molar-refractivity contribution in [3.05, 3.63) is 33.9 Å². The van der Waals surface area contributed by atoms with Gasteiger partial charge in [0.25, 0.3) is 11.6 Å². The number of rotatable bonds is 8. The molecule has 0 fully saturated rings. The van der Waals surface area contributed by atoms with Crippen LogP contribution in [0, 0.1) is 17.0 Å². The first-order valence-electron chi connectivity index (χ1n) is 8.66. The number of carbonyl (C=O) groups excluding carboxylic acids is 3. The largest absolute Gasteiger partial charge is 0.456 e. The first-order chi connectivity index (χ1) is 13.0. The van der Waals surface area contributed by atoms with Crippen molar-refractivity contribution in [3.8, 4) is 0 Å². The van der Waals surface area contributed by atoms with Crippen molar-refractivity contribution < 1.29 is 28.8 Å². The number of alkyl carbamates (subject to hydrolysis) is 1. The Labute approximate surface area is 162 Å². The van der Waals surface area contributed by atoms with Crippen molar-refractivity contribution in [2.45, 2.75) is 46.1 Å². The second-order valence-corrected chi connectivity index (χ2v) is 6.97. The minimum absolute atomic E-state index is 0.00636. The third-order valence-electron chi connectivity index (χ3n) is 3.30. The Bertz CT molecular complexity index is 741. The molecule has 0 aliphatic rings. The van der Waals surface area contributed by atoms with Gasteiger partial charge in [-0.25, -0.2) is 4.79 Å². The first kappa shape index (κ1) is 22.9. The molecule has 1 aromatic carbocycles. The van der Waals surface area contributed by atoms with Crippen LogP contribution in [-0.2, 0) is 19.1 Å². The lowest BCUT2D eigenvalue weighted by Crippen LogP contribution is -2.33. The van der Waals surface area contributed by atoms with Gasteiger partial charge in [0.2, 0.25) is 0 Å². The van der Waals surface area contributed by atoms with Crippen LogP contribution < -0.4 is 10.6 Å². The van der Waals surface area contributed by atoms with Gasteiger partial charge in [-0.05, 0) is 39.7 Å². The number of hydrogen-bond donors (Lipinski definition) is 2. The van der Waals surface area contributed by atoms with Crippen molar-refractivity contribution in [1.82, 2.24) is 5.32 Å². The lowest BCUT2D eigenvalue weighted by molar-refractivity contribution is -0.384. The Morgan fingerprint density at radius 1 is 1.21 bits per heavy atom. The summed E-state index contributed by atoms with van der Waals surface area (Å²) in [5, 5.41) is 15.9. The maximum atomic E-state index is 11.9. The number of para-hydroxylation sites is 1. The second-order valence-electron chi connectivity index (χ2n) is 6.97. The van der Waals surface area contributed by atoms with Gasteiger partial charge in [-0.15, -0.1) is 0 Å². The summed E-state index contributed by atoms with van der Waals surface area (Å²) in [6, 6.07) is 4.40. The third-order valence-corrected chi connectivity index (χ3v) is 3.30. The summed E-state index contributed by atoms with van der Waals surface area (Å²) in [6.07, 6.45) is -0.281. The van der Waals surface area contributed by atoms with Crippen molar-refractivity contribution in [3.63, 3.8) is 0 Å². The maximum absolute atomic E-state index is 11.9. The number of carbonyl (C=O) groups is 3. The molecule has 2 amide bonds. The molecule has 10 nitrogen and oxygen atoms in total. The highest BCUT2D eigenvalue weighted by molar-refractivity contribution is 5.95. The zero-order valence-corrected chi connectivity index (χ0v) is 16.4. The molecule has 10 heteroatoms. The molecule has 0 saturated carbocycles. The minimum atomic E-state index is -0.683. The molecule has 154 valence electrons. The average molecular weight is 395 g/mol. The van der Waals surface area contributed by atoms with E-state index >= 15 is 0 Å². The summed E-state index contributed by atoms with van der Waals surface area (Å²) in [6.45, 7) is 6.48. The fraction of sp³-hybridized carbons (Fsp3) is 0.500. The molecule has 2 N–H and O–H groups in total. The Balaban J connectivity index is 2.35.